The first-order chi connectivity index (χ1) is 9.90. The van der Waals surface area contributed by atoms with Gasteiger partial charge in [-0.2, -0.15) is 0 Å². The lowest BCUT2D eigenvalue weighted by Gasteiger charge is -2.17. The summed E-state index contributed by atoms with van der Waals surface area (Å²) >= 11 is 1.71. The third-order valence-corrected chi connectivity index (χ3v) is 4.76. The summed E-state index contributed by atoms with van der Waals surface area (Å²) in [4.78, 5) is 5.89. The van der Waals surface area contributed by atoms with Crippen LogP contribution in [0, 0.1) is 6.92 Å². The zero-order valence-electron chi connectivity index (χ0n) is 13.3. The third-order valence-electron chi connectivity index (χ3n) is 3.27. The van der Waals surface area contributed by atoms with E-state index in [0.29, 0.717) is 6.61 Å². The molecular weight excluding hydrogens is 280 g/mol. The summed E-state index contributed by atoms with van der Waals surface area (Å²) in [5, 5.41) is 1.10. The van der Waals surface area contributed by atoms with E-state index in [9.17, 15) is 0 Å². The van der Waals surface area contributed by atoms with E-state index < -0.39 is 0 Å². The Balaban J connectivity index is 1.97. The van der Waals surface area contributed by atoms with Crippen LogP contribution >= 0.6 is 11.3 Å². The van der Waals surface area contributed by atoms with E-state index in [-0.39, 0.29) is 5.54 Å². The van der Waals surface area contributed by atoms with Gasteiger partial charge < -0.3 is 10.5 Å². The van der Waals surface area contributed by atoms with Gasteiger partial charge in [-0.3, -0.25) is 0 Å². The van der Waals surface area contributed by atoms with Crippen LogP contribution in [0.4, 0.5) is 0 Å². The topological polar surface area (TPSA) is 48.1 Å². The van der Waals surface area contributed by atoms with Crippen LogP contribution in [0.15, 0.2) is 24.3 Å². The molecule has 1 aromatic carbocycles. The second kappa shape index (κ2) is 6.58. The summed E-state index contributed by atoms with van der Waals surface area (Å²) in [6.45, 7) is 8.90. The van der Waals surface area contributed by atoms with Gasteiger partial charge >= 0.3 is 0 Å². The summed E-state index contributed by atoms with van der Waals surface area (Å²) in [6.07, 6.45) is 1.74. The second-order valence-electron chi connectivity index (χ2n) is 5.87. The van der Waals surface area contributed by atoms with Crippen LogP contribution in [-0.4, -0.2) is 11.6 Å². The van der Waals surface area contributed by atoms with E-state index in [0.717, 1.165) is 29.3 Å². The van der Waals surface area contributed by atoms with E-state index in [1.165, 1.54) is 10.4 Å². The van der Waals surface area contributed by atoms with Gasteiger partial charge in [0, 0.05) is 16.8 Å². The first kappa shape index (κ1) is 16.0. The molecule has 0 aliphatic rings. The molecule has 4 heteroatoms. The molecule has 0 aliphatic heterocycles. The van der Waals surface area contributed by atoms with Gasteiger partial charge in [0.2, 0.25) is 0 Å². The fourth-order valence-electron chi connectivity index (χ4n) is 2.14. The van der Waals surface area contributed by atoms with Crippen molar-refractivity contribution >= 4 is 11.3 Å². The van der Waals surface area contributed by atoms with Gasteiger partial charge in [-0.25, -0.2) is 4.98 Å². The molecule has 0 unspecified atom stereocenters. The molecule has 21 heavy (non-hydrogen) atoms. The maximum absolute atomic E-state index is 6.22. The summed E-state index contributed by atoms with van der Waals surface area (Å²) in [7, 11) is 0. The number of benzene rings is 1. The van der Waals surface area contributed by atoms with Crippen molar-refractivity contribution < 1.29 is 4.74 Å². The van der Waals surface area contributed by atoms with E-state index in [1.807, 2.05) is 26.0 Å². The van der Waals surface area contributed by atoms with Gasteiger partial charge in [-0.1, -0.05) is 24.6 Å². The lowest BCUT2D eigenvalue weighted by molar-refractivity contribution is 0.321. The van der Waals surface area contributed by atoms with Crippen molar-refractivity contribution in [2.24, 2.45) is 5.73 Å². The van der Waals surface area contributed by atoms with Crippen LogP contribution in [0.3, 0.4) is 0 Å². The number of ether oxygens (including phenoxy) is 1. The first-order valence-electron chi connectivity index (χ1n) is 7.37. The molecule has 2 aromatic rings. The maximum atomic E-state index is 6.22. The molecule has 0 spiro atoms. The fraction of sp³-hybridized carbons (Fsp3) is 0.471. The Morgan fingerprint density at radius 3 is 2.43 bits per heavy atom. The largest absolute Gasteiger partial charge is 0.493 e. The van der Waals surface area contributed by atoms with Crippen molar-refractivity contribution in [1.29, 1.82) is 0 Å². The predicted molar refractivity (Wildman–Crippen MR) is 89.1 cm³/mol. The van der Waals surface area contributed by atoms with Gasteiger partial charge in [0.05, 0.1) is 17.3 Å². The standard InChI is InChI=1S/C17H24N2OS/c1-5-14-16(17(3,4)18)21-15(19-14)10-11-20-13-8-6-12(2)7-9-13/h6-9H,5,10-11,18H2,1-4H3. The Kier molecular flexibility index (Phi) is 5.01. The molecule has 0 radical (unpaired) electrons. The van der Waals surface area contributed by atoms with Crippen molar-refractivity contribution in [2.45, 2.75) is 46.1 Å². The number of nitrogens with zero attached hydrogens (tertiary/aromatic N) is 1. The monoisotopic (exact) mass is 304 g/mol. The van der Waals surface area contributed by atoms with Gasteiger partial charge in [0.1, 0.15) is 5.75 Å². The molecule has 0 bridgehead atoms. The molecule has 114 valence electrons. The molecule has 2 rings (SSSR count). The molecule has 0 saturated heterocycles. The van der Waals surface area contributed by atoms with Gasteiger partial charge in [0.25, 0.3) is 0 Å². The Hall–Kier alpha value is -1.39. The zero-order chi connectivity index (χ0) is 15.5. The highest BCUT2D eigenvalue weighted by atomic mass is 32.1. The van der Waals surface area contributed by atoms with Crippen LogP contribution in [0.1, 0.15) is 41.9 Å². The quantitative estimate of drug-likeness (QED) is 0.882. The lowest BCUT2D eigenvalue weighted by Crippen LogP contribution is -2.28. The molecule has 1 heterocycles. The molecule has 2 N–H and O–H groups in total. The Morgan fingerprint density at radius 1 is 1.24 bits per heavy atom. The van der Waals surface area contributed by atoms with Crippen LogP contribution in [0.5, 0.6) is 5.75 Å². The smallest absolute Gasteiger partial charge is 0.119 e. The molecular formula is C17H24N2OS. The molecule has 0 amide bonds. The molecule has 3 nitrogen and oxygen atoms in total. The van der Waals surface area contributed by atoms with Crippen LogP contribution < -0.4 is 10.5 Å². The lowest BCUT2D eigenvalue weighted by atomic mass is 10.0. The van der Waals surface area contributed by atoms with E-state index in [1.54, 1.807) is 11.3 Å². The second-order valence-corrected chi connectivity index (χ2v) is 6.95. The fourth-order valence-corrected chi connectivity index (χ4v) is 3.29. The number of rotatable bonds is 6. The minimum Gasteiger partial charge on any atom is -0.493 e. The first-order valence-corrected chi connectivity index (χ1v) is 8.19. The van der Waals surface area contributed by atoms with E-state index >= 15 is 0 Å². The van der Waals surface area contributed by atoms with Crippen LogP contribution in [0.2, 0.25) is 0 Å². The molecule has 0 saturated carbocycles. The van der Waals surface area contributed by atoms with Crippen molar-refractivity contribution in [1.82, 2.24) is 4.98 Å². The number of aromatic nitrogens is 1. The maximum Gasteiger partial charge on any atom is 0.119 e. The normalized spacial score (nSPS) is 11.7. The summed E-state index contributed by atoms with van der Waals surface area (Å²) in [6, 6.07) is 8.12. The number of nitrogens with two attached hydrogens (primary N) is 1. The van der Waals surface area contributed by atoms with E-state index in [4.69, 9.17) is 15.5 Å². The average molecular weight is 304 g/mol. The minimum absolute atomic E-state index is 0.320. The van der Waals surface area contributed by atoms with Crippen molar-refractivity contribution in [2.75, 3.05) is 6.61 Å². The van der Waals surface area contributed by atoms with Crippen molar-refractivity contribution in [3.63, 3.8) is 0 Å². The van der Waals surface area contributed by atoms with Crippen LogP contribution in [-0.2, 0) is 18.4 Å². The van der Waals surface area contributed by atoms with Gasteiger partial charge in [-0.15, -0.1) is 11.3 Å². The number of aryl methyl sites for hydroxylation is 2. The van der Waals surface area contributed by atoms with Crippen molar-refractivity contribution in [3.8, 4) is 5.75 Å². The van der Waals surface area contributed by atoms with Crippen molar-refractivity contribution in [3.05, 3.63) is 45.4 Å². The van der Waals surface area contributed by atoms with Gasteiger partial charge in [-0.05, 0) is 39.3 Å². The predicted octanol–water partition coefficient (Wildman–Crippen LogP) is 3.83. The Labute approximate surface area is 131 Å². The Bertz CT molecular complexity index is 582. The summed E-state index contributed by atoms with van der Waals surface area (Å²) in [5.41, 5.74) is 8.26. The van der Waals surface area contributed by atoms with E-state index in [2.05, 4.69) is 26.0 Å². The zero-order valence-corrected chi connectivity index (χ0v) is 14.1. The molecule has 0 aliphatic carbocycles. The summed E-state index contributed by atoms with van der Waals surface area (Å²) in [5.74, 6) is 0.909. The highest BCUT2D eigenvalue weighted by Gasteiger charge is 2.22. The Morgan fingerprint density at radius 2 is 1.90 bits per heavy atom. The molecule has 0 fully saturated rings. The minimum atomic E-state index is -0.320. The average Bonchev–Trinajstić information content (AvgIpc) is 2.84. The highest BCUT2D eigenvalue weighted by Crippen LogP contribution is 2.29. The molecule has 1 aromatic heterocycles. The number of hydrogen-bond acceptors (Lipinski definition) is 4. The highest BCUT2D eigenvalue weighted by molar-refractivity contribution is 7.11. The summed E-state index contributed by atoms with van der Waals surface area (Å²) < 4.78 is 5.77. The number of hydrogen-bond donors (Lipinski definition) is 1. The SMILES string of the molecule is CCc1nc(CCOc2ccc(C)cc2)sc1C(C)(C)N. The van der Waals surface area contributed by atoms with Gasteiger partial charge in [0.15, 0.2) is 0 Å². The number of thiazole rings is 1. The third kappa shape index (κ3) is 4.29. The molecule has 0 atom stereocenters. The van der Waals surface area contributed by atoms with Crippen LogP contribution in [0.25, 0.3) is 0 Å².